The second-order valence-corrected chi connectivity index (χ2v) is 9.14. The molecule has 0 spiro atoms. The molecular weight excluding hydrogens is 413 g/mol. The summed E-state index contributed by atoms with van der Waals surface area (Å²) in [5.74, 6) is -0.289. The second kappa shape index (κ2) is 6.81. The van der Waals surface area contributed by atoms with Gasteiger partial charge in [0.05, 0.1) is 46.5 Å². The van der Waals surface area contributed by atoms with Gasteiger partial charge in [0.15, 0.2) is 14.9 Å². The molecule has 2 atom stereocenters. The lowest BCUT2D eigenvalue weighted by molar-refractivity contribution is -0.137. The number of thiocarbonyl (C=S) groups is 1. The summed E-state index contributed by atoms with van der Waals surface area (Å²) in [6.45, 7) is 0.659. The first-order valence-electron chi connectivity index (χ1n) is 7.71. The van der Waals surface area contributed by atoms with Crippen molar-refractivity contribution < 1.29 is 26.3 Å². The van der Waals surface area contributed by atoms with Crippen LogP contribution in [0, 0.1) is 0 Å². The van der Waals surface area contributed by atoms with Crippen molar-refractivity contribution in [2.24, 2.45) is 0 Å². The van der Waals surface area contributed by atoms with Crippen LogP contribution >= 0.6 is 23.8 Å². The third-order valence-electron chi connectivity index (χ3n) is 4.55. The SMILES string of the molecule is COCCN1C(=S)N(c2cc(C(F)(F)F)ccc2Cl)[C@H]2CS(=O)(=O)C[C@H]21. The Bertz CT molecular complexity index is 832. The maximum absolute atomic E-state index is 13.1. The van der Waals surface area contributed by atoms with E-state index in [1.54, 1.807) is 4.90 Å². The molecule has 0 aromatic heterocycles. The molecule has 0 saturated carbocycles. The minimum Gasteiger partial charge on any atom is -0.383 e. The Morgan fingerprint density at radius 1 is 1.31 bits per heavy atom. The standard InChI is InChI=1S/C15H16ClF3N2O3S2/c1-24-5-4-20-12-7-26(22,23)8-13(12)21(14(20)25)11-6-9(15(17,18)19)2-3-10(11)16/h2-3,6,12-13H,4-5,7-8H2,1H3/t12-,13+/m1/s1. The fraction of sp³-hybridized carbons (Fsp3) is 0.533. The molecule has 0 unspecified atom stereocenters. The summed E-state index contributed by atoms with van der Waals surface area (Å²) < 4.78 is 68.6. The van der Waals surface area contributed by atoms with Crippen molar-refractivity contribution in [3.8, 4) is 0 Å². The van der Waals surface area contributed by atoms with E-state index in [1.807, 2.05) is 0 Å². The van der Waals surface area contributed by atoms with E-state index in [0.717, 1.165) is 18.2 Å². The number of hydrogen-bond acceptors (Lipinski definition) is 4. The second-order valence-electron chi connectivity index (χ2n) is 6.21. The van der Waals surface area contributed by atoms with E-state index >= 15 is 0 Å². The van der Waals surface area contributed by atoms with E-state index in [0.29, 0.717) is 13.2 Å². The molecule has 3 rings (SSSR count). The predicted octanol–water partition coefficient (Wildman–Crippen LogP) is 2.58. The van der Waals surface area contributed by atoms with Crippen LogP contribution in [0.2, 0.25) is 5.02 Å². The smallest absolute Gasteiger partial charge is 0.383 e. The van der Waals surface area contributed by atoms with Crippen LogP contribution in [0.5, 0.6) is 0 Å². The van der Waals surface area contributed by atoms with E-state index in [4.69, 9.17) is 28.6 Å². The van der Waals surface area contributed by atoms with Crippen LogP contribution in [0.4, 0.5) is 18.9 Å². The molecule has 2 aliphatic heterocycles. The molecular formula is C15H16ClF3N2O3S2. The van der Waals surface area contributed by atoms with Gasteiger partial charge in [-0.15, -0.1) is 0 Å². The Labute approximate surface area is 159 Å². The van der Waals surface area contributed by atoms with Crippen molar-refractivity contribution in [3.05, 3.63) is 28.8 Å². The summed E-state index contributed by atoms with van der Waals surface area (Å²) in [6, 6.07) is 1.93. The number of alkyl halides is 3. The van der Waals surface area contributed by atoms with Gasteiger partial charge in [0.1, 0.15) is 0 Å². The highest BCUT2D eigenvalue weighted by Crippen LogP contribution is 2.41. The fourth-order valence-electron chi connectivity index (χ4n) is 3.38. The number of ether oxygens (including phenoxy) is 1. The van der Waals surface area contributed by atoms with Gasteiger partial charge in [-0.1, -0.05) is 11.6 Å². The minimum absolute atomic E-state index is 0.0681. The number of anilines is 1. The van der Waals surface area contributed by atoms with Gasteiger partial charge in [-0.05, 0) is 30.4 Å². The van der Waals surface area contributed by atoms with Crippen LogP contribution in [0.25, 0.3) is 0 Å². The minimum atomic E-state index is -4.54. The molecule has 0 bridgehead atoms. The lowest BCUT2D eigenvalue weighted by atomic mass is 10.1. The van der Waals surface area contributed by atoms with Gasteiger partial charge in [0.2, 0.25) is 0 Å². The van der Waals surface area contributed by atoms with Gasteiger partial charge < -0.3 is 14.5 Å². The van der Waals surface area contributed by atoms with E-state index in [1.165, 1.54) is 12.0 Å². The number of sulfone groups is 1. The molecule has 11 heteroatoms. The van der Waals surface area contributed by atoms with Crippen molar-refractivity contribution in [1.29, 1.82) is 0 Å². The maximum atomic E-state index is 13.1. The fourth-order valence-corrected chi connectivity index (χ4v) is 6.00. The Morgan fingerprint density at radius 2 is 1.96 bits per heavy atom. The molecule has 2 aliphatic rings. The molecule has 1 aromatic rings. The summed E-state index contributed by atoms with van der Waals surface area (Å²) in [7, 11) is -1.82. The van der Waals surface area contributed by atoms with Crippen molar-refractivity contribution in [1.82, 2.24) is 4.90 Å². The van der Waals surface area contributed by atoms with Gasteiger partial charge in [0, 0.05) is 13.7 Å². The largest absolute Gasteiger partial charge is 0.416 e. The zero-order valence-corrected chi connectivity index (χ0v) is 16.1. The lowest BCUT2D eigenvalue weighted by Crippen LogP contribution is -2.39. The lowest BCUT2D eigenvalue weighted by Gasteiger charge is -2.26. The average molecular weight is 429 g/mol. The highest BCUT2D eigenvalue weighted by atomic mass is 35.5. The average Bonchev–Trinajstić information content (AvgIpc) is 2.95. The molecule has 2 fully saturated rings. The first kappa shape index (κ1) is 19.7. The molecule has 2 heterocycles. The van der Waals surface area contributed by atoms with Gasteiger partial charge in [-0.25, -0.2) is 8.42 Å². The zero-order valence-electron chi connectivity index (χ0n) is 13.7. The highest BCUT2D eigenvalue weighted by Gasteiger charge is 2.52. The van der Waals surface area contributed by atoms with Gasteiger partial charge in [-0.2, -0.15) is 13.2 Å². The monoisotopic (exact) mass is 428 g/mol. The maximum Gasteiger partial charge on any atom is 0.416 e. The van der Waals surface area contributed by atoms with Gasteiger partial charge in [-0.3, -0.25) is 0 Å². The van der Waals surface area contributed by atoms with Crippen LogP contribution in [0.3, 0.4) is 0 Å². The van der Waals surface area contributed by atoms with Crippen molar-refractivity contribution in [3.63, 3.8) is 0 Å². The number of nitrogens with zero attached hydrogens (tertiary/aromatic N) is 2. The summed E-state index contributed by atoms with van der Waals surface area (Å²) >= 11 is 11.6. The van der Waals surface area contributed by atoms with E-state index in [2.05, 4.69) is 0 Å². The number of fused-ring (bicyclic) bond motifs is 1. The zero-order chi connectivity index (χ0) is 19.3. The number of rotatable bonds is 4. The Morgan fingerprint density at radius 3 is 2.58 bits per heavy atom. The summed E-state index contributed by atoms with van der Waals surface area (Å²) in [5, 5.41) is 0.338. The molecule has 0 N–H and O–H groups in total. The third-order valence-corrected chi connectivity index (χ3v) is 7.00. The number of benzene rings is 1. The topological polar surface area (TPSA) is 49.9 Å². The molecule has 2 saturated heterocycles. The predicted molar refractivity (Wildman–Crippen MR) is 96.3 cm³/mol. The summed E-state index contributed by atoms with van der Waals surface area (Å²) in [6.07, 6.45) is -4.54. The van der Waals surface area contributed by atoms with E-state index < -0.39 is 33.7 Å². The molecule has 0 radical (unpaired) electrons. The Kier molecular flexibility index (Phi) is 5.15. The highest BCUT2D eigenvalue weighted by molar-refractivity contribution is 7.91. The number of halogens is 4. The number of hydrogen-bond donors (Lipinski definition) is 0. The Balaban J connectivity index is 2.05. The van der Waals surface area contributed by atoms with Crippen LogP contribution in [-0.4, -0.2) is 62.3 Å². The van der Waals surface area contributed by atoms with Crippen LogP contribution < -0.4 is 4.90 Å². The van der Waals surface area contributed by atoms with Crippen molar-refractivity contribution in [2.45, 2.75) is 18.3 Å². The van der Waals surface area contributed by atoms with E-state index in [-0.39, 0.29) is 27.3 Å². The van der Waals surface area contributed by atoms with Crippen LogP contribution in [0.15, 0.2) is 18.2 Å². The van der Waals surface area contributed by atoms with E-state index in [9.17, 15) is 21.6 Å². The van der Waals surface area contributed by atoms with Crippen LogP contribution in [-0.2, 0) is 20.8 Å². The molecule has 1 aromatic carbocycles. The van der Waals surface area contributed by atoms with Gasteiger partial charge >= 0.3 is 6.18 Å². The summed E-state index contributed by atoms with van der Waals surface area (Å²) in [5.41, 5.74) is -0.800. The first-order chi connectivity index (χ1) is 12.0. The number of methoxy groups -OCH3 is 1. The van der Waals surface area contributed by atoms with Crippen LogP contribution in [0.1, 0.15) is 5.56 Å². The normalized spacial score (nSPS) is 25.0. The first-order valence-corrected chi connectivity index (χ1v) is 10.3. The molecule has 26 heavy (non-hydrogen) atoms. The quantitative estimate of drug-likeness (QED) is 0.687. The van der Waals surface area contributed by atoms with Crippen molar-refractivity contribution >= 4 is 44.5 Å². The molecule has 0 aliphatic carbocycles. The third kappa shape index (κ3) is 3.51. The van der Waals surface area contributed by atoms with Crippen molar-refractivity contribution in [2.75, 3.05) is 36.7 Å². The summed E-state index contributed by atoms with van der Waals surface area (Å²) in [4.78, 5) is 3.14. The van der Waals surface area contributed by atoms with Gasteiger partial charge in [0.25, 0.3) is 0 Å². The molecule has 144 valence electrons. The Hall–Kier alpha value is -1.10. The molecule has 0 amide bonds. The molecule has 5 nitrogen and oxygen atoms in total.